The van der Waals surface area contributed by atoms with Gasteiger partial charge in [0.2, 0.25) is 0 Å². The predicted octanol–water partition coefficient (Wildman–Crippen LogP) is 4.01. The standard InChI is InChI=1S/C22H32O5/c1-14-7-6-8-15(2)19(24)13-18-11-12-22(5,27-21(25)16(18)3)20(10-9-14)26-17(4)23/h7-8,18-20,24H,3,6,9-13H2,1-2,4-5H3/b14-7-,15-8+/t18-,19-,20+,22-/m1/s1. The van der Waals surface area contributed by atoms with Crippen LogP contribution in [0.25, 0.3) is 0 Å². The van der Waals surface area contributed by atoms with Gasteiger partial charge in [0.1, 0.15) is 11.7 Å². The van der Waals surface area contributed by atoms with E-state index in [1.807, 2.05) is 26.8 Å². The van der Waals surface area contributed by atoms with Gasteiger partial charge < -0.3 is 14.6 Å². The summed E-state index contributed by atoms with van der Waals surface area (Å²) in [7, 11) is 0. The summed E-state index contributed by atoms with van der Waals surface area (Å²) in [6, 6.07) is 0. The maximum absolute atomic E-state index is 12.6. The molecule has 0 aromatic heterocycles. The lowest BCUT2D eigenvalue weighted by Gasteiger charge is -2.35. The van der Waals surface area contributed by atoms with Crippen molar-refractivity contribution in [2.45, 2.75) is 84.0 Å². The fourth-order valence-corrected chi connectivity index (χ4v) is 3.80. The lowest BCUT2D eigenvalue weighted by molar-refractivity contribution is -0.180. The van der Waals surface area contributed by atoms with Crippen molar-refractivity contribution in [3.63, 3.8) is 0 Å². The number of hydrogen-bond acceptors (Lipinski definition) is 5. The van der Waals surface area contributed by atoms with E-state index in [-0.39, 0.29) is 11.9 Å². The summed E-state index contributed by atoms with van der Waals surface area (Å²) in [4.78, 5) is 24.3. The van der Waals surface area contributed by atoms with E-state index in [4.69, 9.17) is 9.47 Å². The molecule has 0 radical (unpaired) electrons. The minimum absolute atomic E-state index is 0.157. The van der Waals surface area contributed by atoms with E-state index in [1.165, 1.54) is 12.5 Å². The lowest BCUT2D eigenvalue weighted by atomic mass is 9.83. The highest BCUT2D eigenvalue weighted by Crippen LogP contribution is 2.38. The number of aliphatic hydroxyl groups is 1. The van der Waals surface area contributed by atoms with Crippen LogP contribution in [-0.4, -0.2) is 34.9 Å². The second-order valence-electron chi connectivity index (χ2n) is 8.09. The second-order valence-corrected chi connectivity index (χ2v) is 8.09. The molecule has 2 aliphatic rings. The lowest BCUT2D eigenvalue weighted by Crippen LogP contribution is -2.45. The highest BCUT2D eigenvalue weighted by molar-refractivity contribution is 5.89. The summed E-state index contributed by atoms with van der Waals surface area (Å²) in [6.07, 6.45) is 6.72. The Hall–Kier alpha value is -1.88. The zero-order valence-electron chi connectivity index (χ0n) is 16.9. The fourth-order valence-electron chi connectivity index (χ4n) is 3.80. The van der Waals surface area contributed by atoms with Gasteiger partial charge >= 0.3 is 11.9 Å². The average Bonchev–Trinajstić information content (AvgIpc) is 2.69. The van der Waals surface area contributed by atoms with E-state index < -0.39 is 23.8 Å². The number of ether oxygens (including phenoxy) is 2. The molecule has 0 amide bonds. The number of hydrogen-bond donors (Lipinski definition) is 1. The van der Waals surface area contributed by atoms with Crippen LogP contribution in [0.3, 0.4) is 0 Å². The average molecular weight is 376 g/mol. The molecule has 0 unspecified atom stereocenters. The molecule has 0 spiro atoms. The van der Waals surface area contributed by atoms with Crippen LogP contribution in [0.15, 0.2) is 35.5 Å². The van der Waals surface area contributed by atoms with Gasteiger partial charge in [-0.05, 0) is 70.8 Å². The van der Waals surface area contributed by atoms with Crippen LogP contribution in [0, 0.1) is 5.92 Å². The third-order valence-electron chi connectivity index (χ3n) is 5.80. The monoisotopic (exact) mass is 376 g/mol. The molecule has 1 N–H and O–H groups in total. The van der Waals surface area contributed by atoms with Crippen molar-refractivity contribution >= 4 is 11.9 Å². The molecule has 150 valence electrons. The molecule has 0 saturated carbocycles. The third kappa shape index (κ3) is 5.55. The Bertz CT molecular complexity index is 660. The predicted molar refractivity (Wildman–Crippen MR) is 104 cm³/mol. The first-order valence-electron chi connectivity index (χ1n) is 9.72. The fraction of sp³-hybridized carbons (Fsp3) is 0.636. The maximum atomic E-state index is 12.6. The summed E-state index contributed by atoms with van der Waals surface area (Å²) in [6.45, 7) is 11.1. The third-order valence-corrected chi connectivity index (χ3v) is 5.80. The van der Waals surface area contributed by atoms with Gasteiger partial charge in [0.25, 0.3) is 0 Å². The molecular weight excluding hydrogens is 344 g/mol. The van der Waals surface area contributed by atoms with E-state index in [9.17, 15) is 14.7 Å². The normalized spacial score (nSPS) is 37.1. The smallest absolute Gasteiger partial charge is 0.334 e. The van der Waals surface area contributed by atoms with Crippen molar-refractivity contribution in [3.8, 4) is 0 Å². The Balaban J connectivity index is 2.40. The number of carbonyl (C=O) groups excluding carboxylic acids is 2. The molecule has 0 aromatic carbocycles. The van der Waals surface area contributed by atoms with Crippen LogP contribution in [0.5, 0.6) is 0 Å². The van der Waals surface area contributed by atoms with Gasteiger partial charge in [-0.1, -0.05) is 24.3 Å². The number of esters is 2. The van der Waals surface area contributed by atoms with E-state index in [2.05, 4.69) is 12.7 Å². The summed E-state index contributed by atoms with van der Waals surface area (Å²) in [5.41, 5.74) is 1.56. The number of aliphatic hydroxyl groups excluding tert-OH is 1. The first kappa shape index (κ1) is 21.4. The summed E-state index contributed by atoms with van der Waals surface area (Å²) in [5, 5.41) is 10.6. The van der Waals surface area contributed by atoms with Crippen LogP contribution < -0.4 is 0 Å². The molecule has 1 heterocycles. The molecule has 2 rings (SSSR count). The van der Waals surface area contributed by atoms with Crippen LogP contribution in [0.4, 0.5) is 0 Å². The van der Waals surface area contributed by atoms with Crippen molar-refractivity contribution < 1.29 is 24.2 Å². The van der Waals surface area contributed by atoms with Crippen molar-refractivity contribution in [1.29, 1.82) is 0 Å². The van der Waals surface area contributed by atoms with Gasteiger partial charge in [-0.25, -0.2) is 4.79 Å². The molecule has 1 aliphatic heterocycles. The second kappa shape index (κ2) is 8.87. The molecule has 4 atom stereocenters. The van der Waals surface area contributed by atoms with Crippen molar-refractivity contribution in [3.05, 3.63) is 35.5 Å². The van der Waals surface area contributed by atoms with E-state index >= 15 is 0 Å². The van der Waals surface area contributed by atoms with Gasteiger partial charge in [-0.3, -0.25) is 4.79 Å². The first-order chi connectivity index (χ1) is 12.6. The largest absolute Gasteiger partial charge is 0.458 e. The Morgan fingerprint density at radius 1 is 1.33 bits per heavy atom. The zero-order chi connectivity index (χ0) is 20.2. The van der Waals surface area contributed by atoms with Crippen LogP contribution >= 0.6 is 0 Å². The van der Waals surface area contributed by atoms with Gasteiger partial charge in [-0.15, -0.1) is 0 Å². The minimum Gasteiger partial charge on any atom is -0.458 e. The van der Waals surface area contributed by atoms with E-state index in [0.717, 1.165) is 18.4 Å². The quantitative estimate of drug-likeness (QED) is 0.425. The summed E-state index contributed by atoms with van der Waals surface area (Å²) in [5.74, 6) is -1.00. The van der Waals surface area contributed by atoms with E-state index in [1.54, 1.807) is 0 Å². The topological polar surface area (TPSA) is 72.8 Å². The number of rotatable bonds is 1. The molecule has 5 nitrogen and oxygen atoms in total. The van der Waals surface area contributed by atoms with E-state index in [0.29, 0.717) is 31.3 Å². The molecule has 5 heteroatoms. The Morgan fingerprint density at radius 2 is 2.04 bits per heavy atom. The first-order valence-corrected chi connectivity index (χ1v) is 9.72. The van der Waals surface area contributed by atoms with Gasteiger partial charge in [0, 0.05) is 12.5 Å². The van der Waals surface area contributed by atoms with Gasteiger partial charge in [-0.2, -0.15) is 0 Å². The maximum Gasteiger partial charge on any atom is 0.334 e. The number of fused-ring (bicyclic) bond motifs is 3. The Kier molecular flexibility index (Phi) is 7.04. The highest BCUT2D eigenvalue weighted by Gasteiger charge is 2.44. The Morgan fingerprint density at radius 3 is 2.70 bits per heavy atom. The summed E-state index contributed by atoms with van der Waals surface area (Å²) >= 11 is 0. The molecule has 1 fully saturated rings. The zero-order valence-corrected chi connectivity index (χ0v) is 16.9. The molecule has 1 aliphatic carbocycles. The molecular formula is C22H32O5. The summed E-state index contributed by atoms with van der Waals surface area (Å²) < 4.78 is 11.4. The van der Waals surface area contributed by atoms with Crippen LogP contribution in [0.1, 0.15) is 66.2 Å². The van der Waals surface area contributed by atoms with Crippen molar-refractivity contribution in [2.24, 2.45) is 5.92 Å². The SMILES string of the molecule is C=C1C(=O)O[C@]2(C)CC[C@@H]1C[C@@H](O)/C(C)=C/C/C=C(/C)CC[C@@H]2OC(C)=O. The molecule has 0 aromatic rings. The highest BCUT2D eigenvalue weighted by atomic mass is 16.6. The van der Waals surface area contributed by atoms with Crippen LogP contribution in [0.2, 0.25) is 0 Å². The number of allylic oxidation sites excluding steroid dienone is 3. The van der Waals surface area contributed by atoms with Crippen molar-refractivity contribution in [2.75, 3.05) is 0 Å². The van der Waals surface area contributed by atoms with Gasteiger partial charge in [0.15, 0.2) is 0 Å². The minimum atomic E-state index is -0.902. The number of carbonyl (C=O) groups is 2. The Labute approximate surface area is 162 Å². The van der Waals surface area contributed by atoms with Gasteiger partial charge in [0.05, 0.1) is 6.10 Å². The molecule has 2 bridgehead atoms. The van der Waals surface area contributed by atoms with Crippen molar-refractivity contribution in [1.82, 2.24) is 0 Å². The molecule has 27 heavy (non-hydrogen) atoms. The molecule has 1 saturated heterocycles. The van der Waals surface area contributed by atoms with Crippen LogP contribution in [-0.2, 0) is 19.1 Å².